The first-order valence-corrected chi connectivity index (χ1v) is 8.55. The minimum absolute atomic E-state index is 0.00270. The molecular weight excluding hydrogens is 393 g/mol. The molecule has 0 aliphatic rings. The lowest BCUT2D eigenvalue weighted by atomic mass is 9.64. The van der Waals surface area contributed by atoms with Gasteiger partial charge in [-0.05, 0) is 30.7 Å². The number of pyridine rings is 1. The van der Waals surface area contributed by atoms with Gasteiger partial charge in [0.05, 0.1) is 24.9 Å². The van der Waals surface area contributed by atoms with Crippen LogP contribution in [0, 0.1) is 18.3 Å². The second-order valence-corrected chi connectivity index (χ2v) is 6.85. The average molecular weight is 411 g/mol. The van der Waals surface area contributed by atoms with E-state index in [1.165, 1.54) is 36.0 Å². The van der Waals surface area contributed by atoms with Crippen molar-refractivity contribution in [2.75, 3.05) is 7.11 Å². The lowest BCUT2D eigenvalue weighted by molar-refractivity contribution is -0.375. The zero-order valence-corrected chi connectivity index (χ0v) is 16.0. The molecule has 0 saturated heterocycles. The highest BCUT2D eigenvalue weighted by molar-refractivity contribution is 6.14. The van der Waals surface area contributed by atoms with Crippen LogP contribution in [0.2, 0.25) is 0 Å². The van der Waals surface area contributed by atoms with Gasteiger partial charge in [0.2, 0.25) is 5.41 Å². The van der Waals surface area contributed by atoms with Crippen molar-refractivity contribution in [3.8, 4) is 28.7 Å². The summed E-state index contributed by atoms with van der Waals surface area (Å²) >= 11 is 0. The van der Waals surface area contributed by atoms with Crippen molar-refractivity contribution in [1.29, 1.82) is 5.26 Å². The summed E-state index contributed by atoms with van der Waals surface area (Å²) in [6.07, 6.45) is 2.52. The first kappa shape index (κ1) is 21.6. The van der Waals surface area contributed by atoms with Crippen LogP contribution in [0.1, 0.15) is 11.1 Å². The Morgan fingerprint density at radius 3 is 2.37 bits per heavy atom. The van der Waals surface area contributed by atoms with Crippen LogP contribution in [-0.2, 0) is 5.41 Å². The van der Waals surface area contributed by atoms with E-state index in [4.69, 9.17) is 12.6 Å². The molecule has 0 amide bonds. The van der Waals surface area contributed by atoms with E-state index in [-0.39, 0.29) is 5.75 Å². The molecule has 3 rings (SSSR count). The topological polar surface area (TPSA) is 172 Å². The molecule has 10 nitrogen and oxygen atoms in total. The van der Waals surface area contributed by atoms with Crippen LogP contribution in [0.5, 0.6) is 11.5 Å². The van der Waals surface area contributed by atoms with E-state index in [9.17, 15) is 35.9 Å². The summed E-state index contributed by atoms with van der Waals surface area (Å²) in [4.78, 5) is 0. The summed E-state index contributed by atoms with van der Waals surface area (Å²) in [5.74, 6) is -3.45. The van der Waals surface area contributed by atoms with Crippen LogP contribution in [0.25, 0.3) is 16.6 Å². The molecule has 0 saturated carbocycles. The predicted octanol–water partition coefficient (Wildman–Crippen LogP) is -0.777. The number of aromatic hydroxyl groups is 1. The van der Waals surface area contributed by atoms with E-state index >= 15 is 0 Å². The van der Waals surface area contributed by atoms with Crippen LogP contribution < -0.4 is 4.74 Å². The summed E-state index contributed by atoms with van der Waals surface area (Å²) in [6, 6.07) is 7.02. The maximum Gasteiger partial charge on any atom is 0.304 e. The number of nitrogens with zero attached hydrogens (tertiary/aromatic N) is 3. The molecule has 3 aromatic rings. The number of phenols is 1. The van der Waals surface area contributed by atoms with Gasteiger partial charge in [0.15, 0.2) is 7.85 Å². The quantitative estimate of drug-likeness (QED) is 0.233. The number of phenolic OH excluding ortho intramolecular Hbond substituents is 1. The minimum Gasteiger partial charge on any atom is -0.508 e. The Bertz CT molecular complexity index is 1140. The Morgan fingerprint density at radius 2 is 1.83 bits per heavy atom. The number of benzene rings is 1. The highest BCUT2D eigenvalue weighted by Gasteiger charge is 2.62. The molecule has 0 aliphatic carbocycles. The number of hydrogen-bond acceptors (Lipinski definition) is 9. The van der Waals surface area contributed by atoms with Gasteiger partial charge >= 0.3 is 5.97 Å². The second-order valence-electron chi connectivity index (χ2n) is 6.85. The summed E-state index contributed by atoms with van der Waals surface area (Å²) < 4.78 is 6.46. The van der Waals surface area contributed by atoms with Gasteiger partial charge in [0.25, 0.3) is 0 Å². The van der Waals surface area contributed by atoms with E-state index in [1.54, 1.807) is 13.0 Å². The second kappa shape index (κ2) is 6.98. The van der Waals surface area contributed by atoms with Gasteiger partial charge in [-0.25, -0.2) is 4.52 Å². The van der Waals surface area contributed by atoms with Gasteiger partial charge in [-0.1, -0.05) is 6.07 Å². The Balaban J connectivity index is 2.23. The van der Waals surface area contributed by atoms with Crippen molar-refractivity contribution in [1.82, 2.24) is 9.61 Å². The zero-order valence-electron chi connectivity index (χ0n) is 16.0. The molecule has 1 unspecified atom stereocenters. The number of fused-ring (bicyclic) bond motifs is 1. The van der Waals surface area contributed by atoms with Crippen molar-refractivity contribution in [2.45, 2.75) is 24.0 Å². The monoisotopic (exact) mass is 411 g/mol. The van der Waals surface area contributed by atoms with Crippen molar-refractivity contribution in [2.24, 2.45) is 0 Å². The molecule has 1 atom stereocenters. The van der Waals surface area contributed by atoms with Gasteiger partial charge < -0.3 is 35.4 Å². The van der Waals surface area contributed by atoms with Gasteiger partial charge in [-0.3, -0.25) is 0 Å². The lowest BCUT2D eigenvalue weighted by Gasteiger charge is -2.41. The molecule has 2 heterocycles. The lowest BCUT2D eigenvalue weighted by Crippen LogP contribution is -2.65. The van der Waals surface area contributed by atoms with E-state index < -0.39 is 22.6 Å². The molecule has 1 aromatic carbocycles. The molecule has 0 spiro atoms. The van der Waals surface area contributed by atoms with Gasteiger partial charge in [0.1, 0.15) is 17.2 Å². The standard InChI is InChI=1S/C19H18BN3O7/c1-10-15(24)5-11(6-16(10)30-2)13-7-22-23-8-12(3-4-14(13)23)17(9-21,18(20,25)26)19(27,28)29/h3-8,24-29H,1-2H3. The number of methoxy groups -OCH3 is 1. The molecule has 2 radical (unpaired) electrons. The van der Waals surface area contributed by atoms with Gasteiger partial charge in [0, 0.05) is 22.9 Å². The van der Waals surface area contributed by atoms with Crippen LogP contribution >= 0.6 is 0 Å². The SMILES string of the molecule is [B]C(O)(O)C(C#N)(c1ccc2c(-c3cc(O)c(C)c(OC)c3)cnn2c1)C(O)(O)O. The first-order valence-electron chi connectivity index (χ1n) is 8.55. The smallest absolute Gasteiger partial charge is 0.304 e. The van der Waals surface area contributed by atoms with Gasteiger partial charge in [-0.15, -0.1) is 0 Å². The normalized spacial score (nSPS) is 14.3. The molecular formula is C19H18BN3O7. The Morgan fingerprint density at radius 1 is 1.17 bits per heavy atom. The van der Waals surface area contributed by atoms with Gasteiger partial charge in [-0.2, -0.15) is 10.4 Å². The number of rotatable bonds is 5. The summed E-state index contributed by atoms with van der Waals surface area (Å²) in [5, 5.41) is 72.5. The zero-order chi connectivity index (χ0) is 22.5. The van der Waals surface area contributed by atoms with Crippen LogP contribution in [0.4, 0.5) is 0 Å². The van der Waals surface area contributed by atoms with Crippen LogP contribution in [-0.4, -0.2) is 66.9 Å². The predicted molar refractivity (Wildman–Crippen MR) is 103 cm³/mol. The molecule has 0 aliphatic heterocycles. The Hall–Kier alpha value is -3.14. The van der Waals surface area contributed by atoms with E-state index in [0.29, 0.717) is 28.0 Å². The third kappa shape index (κ3) is 3.07. The third-order valence-corrected chi connectivity index (χ3v) is 5.04. The number of aliphatic hydroxyl groups is 5. The molecule has 2 aromatic heterocycles. The fourth-order valence-corrected chi connectivity index (χ4v) is 3.34. The molecule has 154 valence electrons. The molecule has 6 N–H and O–H groups in total. The Kier molecular flexibility index (Phi) is 5.02. The number of ether oxygens (including phenoxy) is 1. The van der Waals surface area contributed by atoms with Crippen molar-refractivity contribution in [3.63, 3.8) is 0 Å². The van der Waals surface area contributed by atoms with Crippen molar-refractivity contribution >= 4 is 13.4 Å². The number of nitriles is 1. The van der Waals surface area contributed by atoms with Crippen LogP contribution in [0.15, 0.2) is 36.7 Å². The highest BCUT2D eigenvalue weighted by Crippen LogP contribution is 2.41. The fourth-order valence-electron chi connectivity index (χ4n) is 3.34. The third-order valence-electron chi connectivity index (χ3n) is 5.04. The van der Waals surface area contributed by atoms with Crippen LogP contribution in [0.3, 0.4) is 0 Å². The maximum atomic E-state index is 10.1. The first-order chi connectivity index (χ1) is 13.9. The fraction of sp³-hybridized carbons (Fsp3) is 0.263. The molecule has 11 heteroatoms. The largest absolute Gasteiger partial charge is 0.508 e. The summed E-state index contributed by atoms with van der Waals surface area (Å²) in [5.41, 5.74) is -5.00. The molecule has 30 heavy (non-hydrogen) atoms. The number of aromatic nitrogens is 2. The average Bonchev–Trinajstić information content (AvgIpc) is 3.06. The van der Waals surface area contributed by atoms with Crippen molar-refractivity contribution < 1.29 is 35.4 Å². The minimum atomic E-state index is -3.90. The van der Waals surface area contributed by atoms with E-state index in [2.05, 4.69) is 5.10 Å². The van der Waals surface area contributed by atoms with E-state index in [1.807, 2.05) is 0 Å². The maximum absolute atomic E-state index is 10.1. The number of hydrogen-bond donors (Lipinski definition) is 6. The molecule has 0 fully saturated rings. The summed E-state index contributed by atoms with van der Waals surface area (Å²) in [7, 11) is 6.65. The Labute approximate surface area is 171 Å². The highest BCUT2D eigenvalue weighted by atomic mass is 16.7. The summed E-state index contributed by atoms with van der Waals surface area (Å²) in [6.45, 7) is 1.69. The van der Waals surface area contributed by atoms with E-state index in [0.717, 1.165) is 12.3 Å². The molecule has 0 bridgehead atoms. The van der Waals surface area contributed by atoms with Crippen molar-refractivity contribution in [3.05, 3.63) is 47.8 Å².